The molecule has 0 aliphatic carbocycles. The number of hydrogen-bond donors (Lipinski definition) is 1. The summed E-state index contributed by atoms with van der Waals surface area (Å²) in [4.78, 5) is 27.7. The van der Waals surface area contributed by atoms with Gasteiger partial charge in [-0.05, 0) is 63.9 Å². The number of pyridine rings is 2. The maximum atomic E-state index is 12.6. The summed E-state index contributed by atoms with van der Waals surface area (Å²) in [6.45, 7) is 5.09. The fourth-order valence-corrected chi connectivity index (χ4v) is 4.88. The highest BCUT2D eigenvalue weighted by Crippen LogP contribution is 2.31. The van der Waals surface area contributed by atoms with Gasteiger partial charge in [0, 0.05) is 56.2 Å². The average molecular weight is 412 g/mol. The Morgan fingerprint density at radius 2 is 2.03 bits per heavy atom. The Balaban J connectivity index is 1.35. The molecule has 0 radical (unpaired) electrons. The first-order valence-electron chi connectivity index (χ1n) is 11.2. The lowest BCUT2D eigenvalue weighted by atomic mass is 9.91. The number of aromatic nitrogens is 2. The van der Waals surface area contributed by atoms with Gasteiger partial charge >= 0.3 is 0 Å². The smallest absolute Gasteiger partial charge is 0.222 e. The van der Waals surface area contributed by atoms with Gasteiger partial charge in [0.15, 0.2) is 0 Å². The zero-order valence-electron chi connectivity index (χ0n) is 18.0. The number of aliphatic hydroxyl groups is 1. The zero-order valence-corrected chi connectivity index (χ0v) is 18.0. The van der Waals surface area contributed by atoms with Gasteiger partial charge in [-0.15, -0.1) is 0 Å². The van der Waals surface area contributed by atoms with E-state index in [1.54, 1.807) is 17.3 Å². The van der Waals surface area contributed by atoms with E-state index in [2.05, 4.69) is 19.8 Å². The number of piperidine rings is 1. The van der Waals surface area contributed by atoms with E-state index in [1.165, 1.54) is 25.9 Å². The molecule has 7 heteroatoms. The minimum atomic E-state index is -0.907. The molecule has 2 fully saturated rings. The number of carbonyl (C=O) groups excluding carboxylic acids is 1. The Bertz CT molecular complexity index is 864. The topological polar surface area (TPSA) is 72.8 Å². The minimum Gasteiger partial charge on any atom is -0.386 e. The van der Waals surface area contributed by atoms with Crippen LogP contribution in [0.2, 0.25) is 0 Å². The lowest BCUT2D eigenvalue weighted by molar-refractivity contribution is -0.133. The molecule has 0 spiro atoms. The van der Waals surface area contributed by atoms with Crippen molar-refractivity contribution in [1.29, 1.82) is 0 Å². The van der Waals surface area contributed by atoms with Crippen molar-refractivity contribution in [3.8, 4) is 0 Å². The van der Waals surface area contributed by atoms with Crippen LogP contribution >= 0.6 is 0 Å². The average Bonchev–Trinajstić information content (AvgIpc) is 3.26. The molecule has 2 aromatic rings. The zero-order chi connectivity index (χ0) is 21.0. The summed E-state index contributed by atoms with van der Waals surface area (Å²) in [5.74, 6) is 0.123. The Morgan fingerprint density at radius 1 is 1.20 bits per heavy atom. The molecule has 2 aliphatic rings. The standard InChI is InChI=1S/C23H33N5O2/c1-26(22(29)6-4-14-27-12-2-3-13-27)17-23(30)9-5-15-28(18-23)21-8-11-25-20-7-10-24-16-19(20)21/h7-8,10-11,16,30H,2-6,9,12-15,17-18H2,1H3/t23-/m0/s1. The number of likely N-dealkylation sites (tertiary alicyclic amines) is 1. The minimum absolute atomic E-state index is 0.123. The van der Waals surface area contributed by atoms with Crippen LogP contribution in [0.5, 0.6) is 0 Å². The molecule has 0 saturated carbocycles. The third kappa shape index (κ3) is 4.90. The number of nitrogens with zero attached hydrogens (tertiary/aromatic N) is 5. The van der Waals surface area contributed by atoms with E-state index in [1.807, 2.05) is 25.4 Å². The molecular weight excluding hydrogens is 378 g/mol. The molecule has 1 N–H and O–H groups in total. The fourth-order valence-electron chi connectivity index (χ4n) is 4.88. The fraction of sp³-hybridized carbons (Fsp3) is 0.609. The Kier molecular flexibility index (Phi) is 6.49. The number of carbonyl (C=O) groups is 1. The predicted molar refractivity (Wildman–Crippen MR) is 118 cm³/mol. The maximum absolute atomic E-state index is 12.6. The first kappa shape index (κ1) is 21.0. The van der Waals surface area contributed by atoms with Crippen molar-refractivity contribution in [1.82, 2.24) is 19.8 Å². The third-order valence-electron chi connectivity index (χ3n) is 6.44. The highest BCUT2D eigenvalue weighted by molar-refractivity contribution is 5.90. The van der Waals surface area contributed by atoms with E-state index in [9.17, 15) is 9.90 Å². The molecule has 1 amide bonds. The van der Waals surface area contributed by atoms with Crippen molar-refractivity contribution in [3.05, 3.63) is 30.7 Å². The van der Waals surface area contributed by atoms with Gasteiger partial charge in [0.25, 0.3) is 0 Å². The molecule has 4 heterocycles. The van der Waals surface area contributed by atoms with Crippen LogP contribution < -0.4 is 4.90 Å². The molecule has 2 saturated heterocycles. The molecule has 162 valence electrons. The van der Waals surface area contributed by atoms with Crippen molar-refractivity contribution < 1.29 is 9.90 Å². The summed E-state index contributed by atoms with van der Waals surface area (Å²) in [5, 5.41) is 12.3. The Hall–Kier alpha value is -2.25. The first-order chi connectivity index (χ1) is 14.5. The largest absolute Gasteiger partial charge is 0.386 e. The van der Waals surface area contributed by atoms with E-state index in [4.69, 9.17) is 0 Å². The summed E-state index contributed by atoms with van der Waals surface area (Å²) in [7, 11) is 1.82. The van der Waals surface area contributed by atoms with E-state index in [-0.39, 0.29) is 5.91 Å². The summed E-state index contributed by atoms with van der Waals surface area (Å²) < 4.78 is 0. The maximum Gasteiger partial charge on any atom is 0.222 e. The third-order valence-corrected chi connectivity index (χ3v) is 6.44. The SMILES string of the molecule is CN(C[C@@]1(O)CCCN(c2ccnc3ccncc23)C1)C(=O)CCCN1CCCC1. The van der Waals surface area contributed by atoms with Crippen LogP contribution in [-0.2, 0) is 4.79 Å². The Morgan fingerprint density at radius 3 is 2.87 bits per heavy atom. The summed E-state index contributed by atoms with van der Waals surface area (Å²) in [6, 6.07) is 3.90. The lowest BCUT2D eigenvalue weighted by Crippen LogP contribution is -2.54. The van der Waals surface area contributed by atoms with Crippen LogP contribution in [0.3, 0.4) is 0 Å². The number of anilines is 1. The van der Waals surface area contributed by atoms with E-state index < -0.39 is 5.60 Å². The number of rotatable bonds is 7. The van der Waals surface area contributed by atoms with Crippen LogP contribution in [0.4, 0.5) is 5.69 Å². The Labute approximate surface area is 178 Å². The normalized spacial score (nSPS) is 22.5. The van der Waals surface area contributed by atoms with Gasteiger partial charge in [0.05, 0.1) is 17.7 Å². The van der Waals surface area contributed by atoms with Crippen LogP contribution in [0.15, 0.2) is 30.7 Å². The number of fused-ring (bicyclic) bond motifs is 1. The number of amides is 1. The van der Waals surface area contributed by atoms with Gasteiger partial charge in [-0.1, -0.05) is 0 Å². The molecule has 2 aliphatic heterocycles. The summed E-state index contributed by atoms with van der Waals surface area (Å²) in [5.41, 5.74) is 1.04. The van der Waals surface area contributed by atoms with E-state index in [0.717, 1.165) is 42.5 Å². The number of β-amino-alcohol motifs (C(OH)–C–C–N with tert-alkyl or cyclic N) is 1. The summed E-state index contributed by atoms with van der Waals surface area (Å²) >= 11 is 0. The second kappa shape index (κ2) is 9.27. The van der Waals surface area contributed by atoms with E-state index >= 15 is 0 Å². The van der Waals surface area contributed by atoms with E-state index in [0.29, 0.717) is 25.9 Å². The quantitative estimate of drug-likeness (QED) is 0.754. The molecule has 0 unspecified atom stereocenters. The van der Waals surface area contributed by atoms with Crippen molar-refractivity contribution in [2.45, 2.75) is 44.1 Å². The molecular formula is C23H33N5O2. The van der Waals surface area contributed by atoms with Crippen LogP contribution in [0, 0.1) is 0 Å². The van der Waals surface area contributed by atoms with Crippen molar-refractivity contribution >= 4 is 22.5 Å². The second-order valence-electron chi connectivity index (χ2n) is 8.87. The van der Waals surface area contributed by atoms with Gasteiger partial charge in [0.2, 0.25) is 5.91 Å². The highest BCUT2D eigenvalue weighted by atomic mass is 16.3. The molecule has 0 aromatic carbocycles. The van der Waals surface area contributed by atoms with Crippen LogP contribution in [-0.4, -0.2) is 82.7 Å². The van der Waals surface area contributed by atoms with Gasteiger partial charge < -0.3 is 19.8 Å². The molecule has 4 rings (SSSR count). The van der Waals surface area contributed by atoms with Crippen LogP contribution in [0.25, 0.3) is 10.9 Å². The van der Waals surface area contributed by atoms with Gasteiger partial charge in [0.1, 0.15) is 0 Å². The van der Waals surface area contributed by atoms with Gasteiger partial charge in [-0.3, -0.25) is 14.8 Å². The monoisotopic (exact) mass is 411 g/mol. The lowest BCUT2D eigenvalue weighted by Gasteiger charge is -2.42. The van der Waals surface area contributed by atoms with Crippen molar-refractivity contribution in [2.75, 3.05) is 51.2 Å². The first-order valence-corrected chi connectivity index (χ1v) is 11.2. The molecule has 7 nitrogen and oxygen atoms in total. The number of likely N-dealkylation sites (N-methyl/N-ethyl adjacent to an activating group) is 1. The van der Waals surface area contributed by atoms with Crippen molar-refractivity contribution in [3.63, 3.8) is 0 Å². The second-order valence-corrected chi connectivity index (χ2v) is 8.87. The molecule has 0 bridgehead atoms. The molecule has 1 atom stereocenters. The predicted octanol–water partition coefficient (Wildman–Crippen LogP) is 2.30. The summed E-state index contributed by atoms with van der Waals surface area (Å²) in [6.07, 6.45) is 11.0. The highest BCUT2D eigenvalue weighted by Gasteiger charge is 2.36. The van der Waals surface area contributed by atoms with Gasteiger partial charge in [-0.2, -0.15) is 0 Å². The van der Waals surface area contributed by atoms with Crippen molar-refractivity contribution in [2.24, 2.45) is 0 Å². The molecule has 30 heavy (non-hydrogen) atoms. The molecule has 2 aromatic heterocycles. The number of hydrogen-bond acceptors (Lipinski definition) is 6. The van der Waals surface area contributed by atoms with Crippen LogP contribution in [0.1, 0.15) is 38.5 Å². The van der Waals surface area contributed by atoms with Gasteiger partial charge in [-0.25, -0.2) is 0 Å².